The summed E-state index contributed by atoms with van der Waals surface area (Å²) < 4.78 is 26.1. The van der Waals surface area contributed by atoms with Crippen LogP contribution in [0.4, 0.5) is 8.78 Å². The molecular formula is C16H10F2N4O3. The van der Waals surface area contributed by atoms with Crippen molar-refractivity contribution in [2.75, 3.05) is 0 Å². The van der Waals surface area contributed by atoms with Crippen molar-refractivity contribution >= 4 is 5.97 Å². The normalized spacial score (nSPS) is 10.8. The van der Waals surface area contributed by atoms with E-state index >= 15 is 0 Å². The Kier molecular flexibility index (Phi) is 4.29. The first-order chi connectivity index (χ1) is 12.0. The van der Waals surface area contributed by atoms with Gasteiger partial charge in [0.25, 0.3) is 12.0 Å². The van der Waals surface area contributed by atoms with E-state index in [2.05, 4.69) is 15.1 Å². The molecule has 0 saturated carbocycles. The summed E-state index contributed by atoms with van der Waals surface area (Å²) in [6.45, 7) is 0. The van der Waals surface area contributed by atoms with E-state index in [-0.39, 0.29) is 11.1 Å². The summed E-state index contributed by atoms with van der Waals surface area (Å²) >= 11 is 0. The van der Waals surface area contributed by atoms with Crippen molar-refractivity contribution in [2.45, 2.75) is 6.43 Å². The van der Waals surface area contributed by atoms with Gasteiger partial charge in [-0.15, -0.1) is 0 Å². The second-order valence-corrected chi connectivity index (χ2v) is 4.94. The van der Waals surface area contributed by atoms with Gasteiger partial charge in [0.15, 0.2) is 0 Å². The van der Waals surface area contributed by atoms with E-state index in [9.17, 15) is 23.5 Å². The van der Waals surface area contributed by atoms with Gasteiger partial charge in [0.1, 0.15) is 11.3 Å². The van der Waals surface area contributed by atoms with Crippen molar-refractivity contribution in [1.82, 2.24) is 19.7 Å². The molecule has 0 spiro atoms. The lowest BCUT2D eigenvalue weighted by atomic mass is 10.0. The van der Waals surface area contributed by atoms with Gasteiger partial charge in [-0.2, -0.15) is 9.78 Å². The van der Waals surface area contributed by atoms with Gasteiger partial charge in [-0.1, -0.05) is 6.07 Å². The number of carboxylic acids is 1. The zero-order valence-corrected chi connectivity index (χ0v) is 12.5. The number of aromatic carboxylic acids is 1. The van der Waals surface area contributed by atoms with Crippen molar-refractivity contribution in [3.05, 3.63) is 70.7 Å². The maximum absolute atomic E-state index is 12.6. The number of hydrogen-bond donors (Lipinski definition) is 1. The lowest BCUT2D eigenvalue weighted by Gasteiger charge is -2.09. The van der Waals surface area contributed by atoms with Crippen molar-refractivity contribution in [1.29, 1.82) is 0 Å². The number of nitrogens with zero attached hydrogens (tertiary/aromatic N) is 4. The highest BCUT2D eigenvalue weighted by Crippen LogP contribution is 2.23. The van der Waals surface area contributed by atoms with Gasteiger partial charge >= 0.3 is 5.97 Å². The first-order valence-corrected chi connectivity index (χ1v) is 6.99. The third kappa shape index (κ3) is 3.11. The van der Waals surface area contributed by atoms with Crippen molar-refractivity contribution < 1.29 is 18.7 Å². The smallest absolute Gasteiger partial charge is 0.342 e. The number of rotatable bonds is 4. The van der Waals surface area contributed by atoms with Crippen LogP contribution in [-0.2, 0) is 0 Å². The first-order valence-electron chi connectivity index (χ1n) is 6.99. The molecule has 3 aromatic rings. The molecule has 0 bridgehead atoms. The zero-order chi connectivity index (χ0) is 18.0. The third-order valence-corrected chi connectivity index (χ3v) is 3.40. The van der Waals surface area contributed by atoms with Crippen molar-refractivity contribution in [3.63, 3.8) is 0 Å². The molecule has 1 N–H and O–H groups in total. The maximum Gasteiger partial charge on any atom is 0.342 e. The first kappa shape index (κ1) is 16.4. The fourth-order valence-electron chi connectivity index (χ4n) is 2.24. The Labute approximate surface area is 139 Å². The van der Waals surface area contributed by atoms with Crippen LogP contribution in [0.3, 0.4) is 0 Å². The molecule has 0 amide bonds. The van der Waals surface area contributed by atoms with Gasteiger partial charge in [0.2, 0.25) is 0 Å². The summed E-state index contributed by atoms with van der Waals surface area (Å²) in [6.07, 6.45) is 2.37. The molecule has 0 saturated heterocycles. The average Bonchev–Trinajstić information content (AvgIpc) is 2.62. The van der Waals surface area contributed by atoms with Gasteiger partial charge in [0, 0.05) is 23.5 Å². The number of aromatic nitrogens is 4. The Morgan fingerprint density at radius 2 is 1.96 bits per heavy atom. The Morgan fingerprint density at radius 3 is 2.52 bits per heavy atom. The van der Waals surface area contributed by atoms with Gasteiger partial charge in [0.05, 0.1) is 18.1 Å². The van der Waals surface area contributed by atoms with Crippen LogP contribution in [0, 0.1) is 0 Å². The lowest BCUT2D eigenvalue weighted by molar-refractivity contribution is 0.0695. The van der Waals surface area contributed by atoms with Crippen LogP contribution in [0.1, 0.15) is 22.5 Å². The predicted octanol–water partition coefficient (Wildman–Crippen LogP) is 2.33. The van der Waals surface area contributed by atoms with Crippen molar-refractivity contribution in [3.8, 4) is 16.8 Å². The molecular weight excluding hydrogens is 334 g/mol. The third-order valence-electron chi connectivity index (χ3n) is 3.40. The number of hydrogen-bond acceptors (Lipinski definition) is 5. The van der Waals surface area contributed by atoms with Gasteiger partial charge in [-0.25, -0.2) is 13.6 Å². The zero-order valence-electron chi connectivity index (χ0n) is 12.5. The summed E-state index contributed by atoms with van der Waals surface area (Å²) in [4.78, 5) is 31.5. The SMILES string of the molecule is O=C(O)c1c(-c2ccc(C(F)F)nc2)cnn(-c2cccnc2)c1=O. The van der Waals surface area contributed by atoms with Crippen LogP contribution in [0.25, 0.3) is 16.8 Å². The fourth-order valence-corrected chi connectivity index (χ4v) is 2.24. The quantitative estimate of drug-likeness (QED) is 0.780. The molecule has 0 aliphatic rings. The van der Waals surface area contributed by atoms with Gasteiger partial charge < -0.3 is 5.11 Å². The van der Waals surface area contributed by atoms with E-state index in [0.717, 1.165) is 16.9 Å². The minimum Gasteiger partial charge on any atom is -0.477 e. The summed E-state index contributed by atoms with van der Waals surface area (Å²) in [5, 5.41) is 13.4. The minimum absolute atomic E-state index is 0.00837. The van der Waals surface area contributed by atoms with E-state index in [1.54, 1.807) is 12.1 Å². The van der Waals surface area contributed by atoms with Gasteiger partial charge in [-0.3, -0.25) is 14.8 Å². The molecule has 25 heavy (non-hydrogen) atoms. The summed E-state index contributed by atoms with van der Waals surface area (Å²) in [6, 6.07) is 5.46. The molecule has 0 aliphatic carbocycles. The molecule has 3 aromatic heterocycles. The second-order valence-electron chi connectivity index (χ2n) is 4.94. The van der Waals surface area contributed by atoms with E-state index < -0.39 is 29.2 Å². The second kappa shape index (κ2) is 6.56. The topological polar surface area (TPSA) is 98.0 Å². The summed E-state index contributed by atoms with van der Waals surface area (Å²) in [5.41, 5.74) is -1.36. The molecule has 0 fully saturated rings. The van der Waals surface area contributed by atoms with E-state index in [0.29, 0.717) is 5.69 Å². The van der Waals surface area contributed by atoms with E-state index in [1.165, 1.54) is 24.7 Å². The molecule has 0 atom stereocenters. The number of halogens is 2. The number of pyridine rings is 2. The molecule has 9 heteroatoms. The summed E-state index contributed by atoms with van der Waals surface area (Å²) in [5.74, 6) is -1.46. The van der Waals surface area contributed by atoms with E-state index in [1.807, 2.05) is 0 Å². The average molecular weight is 344 g/mol. The summed E-state index contributed by atoms with van der Waals surface area (Å²) in [7, 11) is 0. The number of alkyl halides is 2. The highest BCUT2D eigenvalue weighted by atomic mass is 19.3. The molecule has 7 nitrogen and oxygen atoms in total. The lowest BCUT2D eigenvalue weighted by Crippen LogP contribution is -2.28. The van der Waals surface area contributed by atoms with E-state index in [4.69, 9.17) is 0 Å². The Balaban J connectivity index is 2.17. The molecule has 0 unspecified atom stereocenters. The van der Waals surface area contributed by atoms with Gasteiger partial charge in [-0.05, 0) is 18.2 Å². The minimum atomic E-state index is -2.75. The Bertz CT molecular complexity index is 973. The van der Waals surface area contributed by atoms with Crippen LogP contribution < -0.4 is 5.56 Å². The Hall–Kier alpha value is -3.49. The Morgan fingerprint density at radius 1 is 1.16 bits per heavy atom. The predicted molar refractivity (Wildman–Crippen MR) is 82.8 cm³/mol. The largest absolute Gasteiger partial charge is 0.477 e. The van der Waals surface area contributed by atoms with Crippen LogP contribution in [-0.4, -0.2) is 30.8 Å². The van der Waals surface area contributed by atoms with Crippen LogP contribution >= 0.6 is 0 Å². The molecule has 0 aromatic carbocycles. The molecule has 126 valence electrons. The van der Waals surface area contributed by atoms with Crippen molar-refractivity contribution in [2.24, 2.45) is 0 Å². The van der Waals surface area contributed by atoms with Crippen LogP contribution in [0.5, 0.6) is 0 Å². The highest BCUT2D eigenvalue weighted by Gasteiger charge is 2.20. The highest BCUT2D eigenvalue weighted by molar-refractivity contribution is 5.95. The fraction of sp³-hybridized carbons (Fsp3) is 0.0625. The van der Waals surface area contributed by atoms with Crippen LogP contribution in [0.15, 0.2) is 53.8 Å². The maximum atomic E-state index is 12.6. The molecule has 3 heterocycles. The standard InChI is InChI=1S/C16H10F2N4O3/c17-14(18)12-4-3-9(6-20-12)11-8-21-22(10-2-1-5-19-7-10)15(23)13(11)16(24)25/h1-8,14H,(H,24,25). The molecule has 0 radical (unpaired) electrons. The molecule has 0 aliphatic heterocycles. The monoisotopic (exact) mass is 344 g/mol. The van der Waals surface area contributed by atoms with Crippen LogP contribution in [0.2, 0.25) is 0 Å². The molecule has 3 rings (SSSR count). The number of carboxylic acid groups (broad SMARTS) is 1. The number of carbonyl (C=O) groups is 1.